The van der Waals surface area contributed by atoms with Gasteiger partial charge in [0.25, 0.3) is 5.24 Å². The van der Waals surface area contributed by atoms with Crippen molar-refractivity contribution in [2.24, 2.45) is 0 Å². The standard InChI is InChI=1S/C12H9ClO2/c1-8-7-10(12(13)14)11(15-8)9-5-3-2-4-6-9/h2-7H,1H3. The molecule has 0 atom stereocenters. The molecule has 0 saturated heterocycles. The highest BCUT2D eigenvalue weighted by Gasteiger charge is 2.15. The molecule has 0 spiro atoms. The van der Waals surface area contributed by atoms with E-state index in [9.17, 15) is 4.79 Å². The SMILES string of the molecule is Cc1cc(C(=O)Cl)c(-c2ccccc2)o1. The highest BCUT2D eigenvalue weighted by Crippen LogP contribution is 2.27. The van der Waals surface area contributed by atoms with Gasteiger partial charge in [-0.3, -0.25) is 4.79 Å². The molecule has 0 amide bonds. The highest BCUT2D eigenvalue weighted by molar-refractivity contribution is 6.68. The normalized spacial score (nSPS) is 10.3. The maximum atomic E-state index is 11.2. The van der Waals surface area contributed by atoms with Crippen molar-refractivity contribution in [3.05, 3.63) is 47.7 Å². The number of hydrogen-bond acceptors (Lipinski definition) is 2. The maximum Gasteiger partial charge on any atom is 0.256 e. The molecular formula is C12H9ClO2. The Hall–Kier alpha value is -1.54. The lowest BCUT2D eigenvalue weighted by Crippen LogP contribution is -1.88. The number of halogens is 1. The molecule has 0 aliphatic carbocycles. The number of carbonyl (C=O) groups is 1. The minimum absolute atomic E-state index is 0.417. The Labute approximate surface area is 92.5 Å². The average molecular weight is 221 g/mol. The minimum atomic E-state index is -0.495. The Balaban J connectivity index is 2.58. The van der Waals surface area contributed by atoms with E-state index in [4.69, 9.17) is 16.0 Å². The molecule has 0 bridgehead atoms. The molecule has 2 rings (SSSR count). The van der Waals surface area contributed by atoms with Crippen molar-refractivity contribution in [2.45, 2.75) is 6.92 Å². The zero-order chi connectivity index (χ0) is 10.8. The fourth-order valence-electron chi connectivity index (χ4n) is 1.46. The highest BCUT2D eigenvalue weighted by atomic mass is 35.5. The monoisotopic (exact) mass is 220 g/mol. The van der Waals surface area contributed by atoms with E-state index in [0.29, 0.717) is 17.1 Å². The number of furan rings is 1. The Morgan fingerprint density at radius 2 is 1.93 bits per heavy atom. The van der Waals surface area contributed by atoms with Crippen molar-refractivity contribution in [1.82, 2.24) is 0 Å². The summed E-state index contributed by atoms with van der Waals surface area (Å²) in [4.78, 5) is 11.2. The first kappa shape index (κ1) is 9.99. The van der Waals surface area contributed by atoms with Crippen LogP contribution in [0.25, 0.3) is 11.3 Å². The molecule has 2 aromatic rings. The number of hydrogen-bond donors (Lipinski definition) is 0. The van der Waals surface area contributed by atoms with Gasteiger partial charge in [-0.15, -0.1) is 0 Å². The quantitative estimate of drug-likeness (QED) is 0.724. The summed E-state index contributed by atoms with van der Waals surface area (Å²) in [6.45, 7) is 1.79. The van der Waals surface area contributed by atoms with Crippen LogP contribution < -0.4 is 0 Å². The summed E-state index contributed by atoms with van der Waals surface area (Å²) >= 11 is 5.47. The van der Waals surface area contributed by atoms with Crippen molar-refractivity contribution < 1.29 is 9.21 Å². The van der Waals surface area contributed by atoms with Crippen LogP contribution in [0.3, 0.4) is 0 Å². The van der Waals surface area contributed by atoms with Gasteiger partial charge in [0.15, 0.2) is 0 Å². The van der Waals surface area contributed by atoms with Crippen molar-refractivity contribution in [3.8, 4) is 11.3 Å². The topological polar surface area (TPSA) is 30.2 Å². The first-order chi connectivity index (χ1) is 7.18. The molecule has 1 aromatic heterocycles. The third-order valence-corrected chi connectivity index (χ3v) is 2.31. The van der Waals surface area contributed by atoms with Crippen LogP contribution in [-0.4, -0.2) is 5.24 Å². The third kappa shape index (κ3) is 1.95. The van der Waals surface area contributed by atoms with Gasteiger partial charge in [0.2, 0.25) is 0 Å². The van der Waals surface area contributed by atoms with Crippen molar-refractivity contribution in [2.75, 3.05) is 0 Å². The van der Waals surface area contributed by atoms with E-state index < -0.39 is 5.24 Å². The lowest BCUT2D eigenvalue weighted by atomic mass is 10.1. The van der Waals surface area contributed by atoms with Crippen molar-refractivity contribution >= 4 is 16.8 Å². The van der Waals surface area contributed by atoms with Crippen LogP contribution in [0, 0.1) is 6.92 Å². The summed E-state index contributed by atoms with van der Waals surface area (Å²) in [5, 5.41) is -0.495. The smallest absolute Gasteiger partial charge is 0.256 e. The zero-order valence-corrected chi connectivity index (χ0v) is 8.91. The Bertz CT molecular complexity index is 486. The molecule has 1 aromatic carbocycles. The fourth-order valence-corrected chi connectivity index (χ4v) is 1.60. The number of benzene rings is 1. The van der Waals surface area contributed by atoms with E-state index in [0.717, 1.165) is 5.56 Å². The predicted molar refractivity (Wildman–Crippen MR) is 59.1 cm³/mol. The van der Waals surface area contributed by atoms with Crippen LogP contribution in [0.2, 0.25) is 0 Å². The molecule has 76 valence electrons. The number of rotatable bonds is 2. The van der Waals surface area contributed by atoms with Gasteiger partial charge in [0, 0.05) is 5.56 Å². The molecule has 3 heteroatoms. The van der Waals surface area contributed by atoms with Crippen LogP contribution in [0.5, 0.6) is 0 Å². The first-order valence-electron chi connectivity index (χ1n) is 4.54. The van der Waals surface area contributed by atoms with E-state index in [1.165, 1.54) is 0 Å². The molecule has 15 heavy (non-hydrogen) atoms. The Kier molecular flexibility index (Phi) is 2.60. The molecule has 0 aliphatic heterocycles. The first-order valence-corrected chi connectivity index (χ1v) is 4.92. The molecule has 0 aliphatic rings. The molecule has 0 saturated carbocycles. The van der Waals surface area contributed by atoms with Crippen molar-refractivity contribution in [3.63, 3.8) is 0 Å². The second kappa shape index (κ2) is 3.91. The van der Waals surface area contributed by atoms with Gasteiger partial charge in [-0.1, -0.05) is 30.3 Å². The largest absolute Gasteiger partial charge is 0.461 e. The third-order valence-electron chi connectivity index (χ3n) is 2.10. The van der Waals surface area contributed by atoms with Gasteiger partial charge in [-0.05, 0) is 24.6 Å². The van der Waals surface area contributed by atoms with Crippen LogP contribution in [-0.2, 0) is 0 Å². The molecular weight excluding hydrogens is 212 g/mol. The van der Waals surface area contributed by atoms with Gasteiger partial charge >= 0.3 is 0 Å². The summed E-state index contributed by atoms with van der Waals surface area (Å²) in [6.07, 6.45) is 0. The average Bonchev–Trinajstić information content (AvgIpc) is 2.62. The van der Waals surface area contributed by atoms with E-state index in [-0.39, 0.29) is 0 Å². The number of carbonyl (C=O) groups excluding carboxylic acids is 1. The van der Waals surface area contributed by atoms with Crippen LogP contribution >= 0.6 is 11.6 Å². The molecule has 2 nitrogen and oxygen atoms in total. The summed E-state index contributed by atoms with van der Waals surface area (Å²) in [7, 11) is 0. The van der Waals surface area contributed by atoms with E-state index >= 15 is 0 Å². The maximum absolute atomic E-state index is 11.2. The van der Waals surface area contributed by atoms with Gasteiger partial charge in [-0.2, -0.15) is 0 Å². The molecule has 0 N–H and O–H groups in total. The van der Waals surface area contributed by atoms with E-state index in [2.05, 4.69) is 0 Å². The molecule has 0 fully saturated rings. The van der Waals surface area contributed by atoms with Gasteiger partial charge in [0.05, 0.1) is 5.56 Å². The predicted octanol–water partition coefficient (Wildman–Crippen LogP) is 3.63. The summed E-state index contributed by atoms with van der Waals surface area (Å²) in [6, 6.07) is 11.1. The summed E-state index contributed by atoms with van der Waals surface area (Å²) < 4.78 is 5.46. The second-order valence-corrected chi connectivity index (χ2v) is 3.58. The van der Waals surface area contributed by atoms with E-state index in [1.54, 1.807) is 13.0 Å². The minimum Gasteiger partial charge on any atom is -0.461 e. The summed E-state index contributed by atoms with van der Waals surface area (Å²) in [5.41, 5.74) is 1.27. The van der Waals surface area contributed by atoms with Crippen molar-refractivity contribution in [1.29, 1.82) is 0 Å². The summed E-state index contributed by atoms with van der Waals surface area (Å²) in [5.74, 6) is 1.21. The Morgan fingerprint density at radius 1 is 1.27 bits per heavy atom. The van der Waals surface area contributed by atoms with Gasteiger partial charge < -0.3 is 4.42 Å². The van der Waals surface area contributed by atoms with Crippen LogP contribution in [0.4, 0.5) is 0 Å². The van der Waals surface area contributed by atoms with E-state index in [1.807, 2.05) is 30.3 Å². The fraction of sp³-hybridized carbons (Fsp3) is 0.0833. The van der Waals surface area contributed by atoms with Gasteiger partial charge in [0.1, 0.15) is 11.5 Å². The Morgan fingerprint density at radius 3 is 2.53 bits per heavy atom. The number of aryl methyl sites for hydroxylation is 1. The zero-order valence-electron chi connectivity index (χ0n) is 8.16. The second-order valence-electron chi connectivity index (χ2n) is 3.24. The molecule has 0 unspecified atom stereocenters. The van der Waals surface area contributed by atoms with Crippen LogP contribution in [0.1, 0.15) is 16.1 Å². The lowest BCUT2D eigenvalue weighted by Gasteiger charge is -1.97. The molecule has 1 heterocycles. The van der Waals surface area contributed by atoms with Crippen LogP contribution in [0.15, 0.2) is 40.8 Å². The van der Waals surface area contributed by atoms with Gasteiger partial charge in [-0.25, -0.2) is 0 Å². The lowest BCUT2D eigenvalue weighted by molar-refractivity contribution is 0.108. The molecule has 0 radical (unpaired) electrons.